The molecule has 5 nitrogen and oxygen atoms in total. The molecular formula is C16H11N3O2S. The van der Waals surface area contributed by atoms with Gasteiger partial charge in [0.1, 0.15) is 21.6 Å². The van der Waals surface area contributed by atoms with Crippen LogP contribution in [0.3, 0.4) is 0 Å². The zero-order chi connectivity index (χ0) is 15.1. The van der Waals surface area contributed by atoms with E-state index in [-0.39, 0.29) is 5.56 Å². The minimum absolute atomic E-state index is 0.0850. The van der Waals surface area contributed by atoms with E-state index < -0.39 is 0 Å². The number of nitrogens with zero attached hydrogens (tertiary/aromatic N) is 3. The van der Waals surface area contributed by atoms with E-state index in [9.17, 15) is 4.79 Å². The van der Waals surface area contributed by atoms with Gasteiger partial charge in [-0.1, -0.05) is 0 Å². The van der Waals surface area contributed by atoms with Gasteiger partial charge in [-0.05, 0) is 36.4 Å². The first-order valence-corrected chi connectivity index (χ1v) is 7.49. The Labute approximate surface area is 129 Å². The third-order valence-electron chi connectivity index (χ3n) is 3.51. The highest BCUT2D eigenvalue weighted by Gasteiger charge is 2.12. The van der Waals surface area contributed by atoms with Gasteiger partial charge < -0.3 is 4.74 Å². The summed E-state index contributed by atoms with van der Waals surface area (Å²) in [5.74, 6) is 0.747. The summed E-state index contributed by atoms with van der Waals surface area (Å²) >= 11 is 1.37. The highest BCUT2D eigenvalue weighted by Crippen LogP contribution is 2.28. The van der Waals surface area contributed by atoms with Crippen LogP contribution in [0.2, 0.25) is 0 Å². The van der Waals surface area contributed by atoms with E-state index >= 15 is 0 Å². The second-order valence-corrected chi connectivity index (χ2v) is 5.75. The van der Waals surface area contributed by atoms with E-state index in [4.69, 9.17) is 4.74 Å². The molecule has 1 aromatic carbocycles. The van der Waals surface area contributed by atoms with Crippen LogP contribution < -0.4 is 10.3 Å². The molecule has 0 atom stereocenters. The third-order valence-corrected chi connectivity index (χ3v) is 4.60. The van der Waals surface area contributed by atoms with Crippen LogP contribution in [0.1, 0.15) is 0 Å². The van der Waals surface area contributed by atoms with Crippen LogP contribution in [0.5, 0.6) is 5.75 Å². The quantitative estimate of drug-likeness (QED) is 0.571. The maximum Gasteiger partial charge on any atom is 0.275 e. The predicted molar refractivity (Wildman–Crippen MR) is 87.1 cm³/mol. The average molecular weight is 309 g/mol. The molecule has 3 heterocycles. The van der Waals surface area contributed by atoms with Crippen LogP contribution in [0.25, 0.3) is 26.1 Å². The molecule has 108 valence electrons. The van der Waals surface area contributed by atoms with Crippen molar-refractivity contribution in [2.45, 2.75) is 0 Å². The van der Waals surface area contributed by atoms with Gasteiger partial charge in [0.25, 0.3) is 5.56 Å². The number of benzene rings is 1. The lowest BCUT2D eigenvalue weighted by Gasteiger charge is -2.06. The fourth-order valence-electron chi connectivity index (χ4n) is 2.40. The summed E-state index contributed by atoms with van der Waals surface area (Å²) in [6, 6.07) is 11.1. The van der Waals surface area contributed by atoms with Crippen LogP contribution in [-0.2, 0) is 0 Å². The van der Waals surface area contributed by atoms with Gasteiger partial charge in [-0.25, -0.2) is 9.97 Å². The second kappa shape index (κ2) is 4.92. The first kappa shape index (κ1) is 13.0. The molecule has 0 bridgehead atoms. The van der Waals surface area contributed by atoms with E-state index in [1.165, 1.54) is 15.9 Å². The SMILES string of the molecule is COc1ccc(-n2cnc3c(sc4ncccc43)c2=O)cc1. The van der Waals surface area contributed by atoms with Gasteiger partial charge in [-0.3, -0.25) is 9.36 Å². The van der Waals surface area contributed by atoms with E-state index in [1.807, 2.05) is 36.4 Å². The van der Waals surface area contributed by atoms with Crippen LogP contribution in [0.4, 0.5) is 0 Å². The molecular weight excluding hydrogens is 298 g/mol. The number of hydrogen-bond donors (Lipinski definition) is 0. The normalized spacial score (nSPS) is 11.1. The largest absolute Gasteiger partial charge is 0.497 e. The summed E-state index contributed by atoms with van der Waals surface area (Å²) in [7, 11) is 1.61. The Morgan fingerprint density at radius 2 is 1.95 bits per heavy atom. The van der Waals surface area contributed by atoms with Crippen molar-refractivity contribution in [3.8, 4) is 11.4 Å². The molecule has 0 N–H and O–H groups in total. The fourth-order valence-corrected chi connectivity index (χ4v) is 3.42. The molecule has 0 aliphatic heterocycles. The van der Waals surface area contributed by atoms with E-state index in [0.717, 1.165) is 21.7 Å². The molecule has 0 aliphatic carbocycles. The Kier molecular flexibility index (Phi) is 2.90. The minimum atomic E-state index is -0.0850. The van der Waals surface area contributed by atoms with Gasteiger partial charge in [0.2, 0.25) is 0 Å². The summed E-state index contributed by atoms with van der Waals surface area (Å²) in [6.07, 6.45) is 3.28. The molecule has 22 heavy (non-hydrogen) atoms. The highest BCUT2D eigenvalue weighted by molar-refractivity contribution is 7.25. The molecule has 4 rings (SSSR count). The van der Waals surface area contributed by atoms with Crippen LogP contribution >= 0.6 is 11.3 Å². The first-order valence-electron chi connectivity index (χ1n) is 6.67. The fraction of sp³-hybridized carbons (Fsp3) is 0.0625. The smallest absolute Gasteiger partial charge is 0.275 e. The van der Waals surface area contributed by atoms with Gasteiger partial charge in [0, 0.05) is 11.6 Å². The zero-order valence-electron chi connectivity index (χ0n) is 11.7. The summed E-state index contributed by atoms with van der Waals surface area (Å²) in [5.41, 5.74) is 1.38. The Balaban J connectivity index is 1.97. The van der Waals surface area contributed by atoms with E-state index in [0.29, 0.717) is 10.2 Å². The number of fused-ring (bicyclic) bond motifs is 3. The molecule has 3 aromatic heterocycles. The molecule has 6 heteroatoms. The van der Waals surface area contributed by atoms with Gasteiger partial charge in [0.15, 0.2) is 0 Å². The van der Waals surface area contributed by atoms with Crippen molar-refractivity contribution in [2.24, 2.45) is 0 Å². The maximum absolute atomic E-state index is 12.7. The number of thiophene rings is 1. The Morgan fingerprint density at radius 3 is 2.73 bits per heavy atom. The molecule has 0 saturated carbocycles. The lowest BCUT2D eigenvalue weighted by molar-refractivity contribution is 0.414. The molecule has 0 radical (unpaired) electrons. The molecule has 0 fully saturated rings. The molecule has 0 unspecified atom stereocenters. The summed E-state index contributed by atoms with van der Waals surface area (Å²) in [6.45, 7) is 0. The topological polar surface area (TPSA) is 57.0 Å². The van der Waals surface area contributed by atoms with Crippen molar-refractivity contribution in [1.29, 1.82) is 0 Å². The standard InChI is InChI=1S/C16H11N3O2S/c1-21-11-6-4-10(5-7-11)19-9-18-13-12-3-2-8-17-15(12)22-14(13)16(19)20/h2-9H,1H3. The van der Waals surface area contributed by atoms with Crippen LogP contribution in [0.15, 0.2) is 53.7 Å². The maximum atomic E-state index is 12.7. The first-order chi connectivity index (χ1) is 10.8. The lowest BCUT2D eigenvalue weighted by Crippen LogP contribution is -2.17. The Hall–Kier alpha value is -2.73. The van der Waals surface area contributed by atoms with Crippen molar-refractivity contribution in [3.05, 3.63) is 59.3 Å². The number of ether oxygens (including phenoxy) is 1. The van der Waals surface area contributed by atoms with Crippen LogP contribution in [-0.4, -0.2) is 21.6 Å². The van der Waals surface area contributed by atoms with Gasteiger partial charge in [-0.15, -0.1) is 11.3 Å². The molecule has 0 amide bonds. The summed E-state index contributed by atoms with van der Waals surface area (Å²) in [4.78, 5) is 22.3. The second-order valence-electron chi connectivity index (χ2n) is 4.75. The predicted octanol–water partition coefficient (Wildman–Crippen LogP) is 3.00. The minimum Gasteiger partial charge on any atom is -0.497 e. The zero-order valence-corrected chi connectivity index (χ0v) is 12.5. The van der Waals surface area contributed by atoms with Crippen molar-refractivity contribution in [3.63, 3.8) is 0 Å². The monoisotopic (exact) mass is 309 g/mol. The average Bonchev–Trinajstić information content (AvgIpc) is 2.95. The number of aromatic nitrogens is 3. The van der Waals surface area contributed by atoms with Crippen molar-refractivity contribution in [2.75, 3.05) is 7.11 Å². The summed E-state index contributed by atoms with van der Waals surface area (Å²) < 4.78 is 7.29. The van der Waals surface area contributed by atoms with Gasteiger partial charge in [0.05, 0.1) is 18.3 Å². The van der Waals surface area contributed by atoms with Gasteiger partial charge in [-0.2, -0.15) is 0 Å². The van der Waals surface area contributed by atoms with Gasteiger partial charge >= 0.3 is 0 Å². The molecule has 0 spiro atoms. The molecule has 0 saturated heterocycles. The lowest BCUT2D eigenvalue weighted by atomic mass is 10.3. The highest BCUT2D eigenvalue weighted by atomic mass is 32.1. The number of pyridine rings is 1. The number of methoxy groups -OCH3 is 1. The van der Waals surface area contributed by atoms with E-state index in [2.05, 4.69) is 9.97 Å². The van der Waals surface area contributed by atoms with Crippen LogP contribution in [0, 0.1) is 0 Å². The number of rotatable bonds is 2. The van der Waals surface area contributed by atoms with Crippen molar-refractivity contribution < 1.29 is 4.74 Å². The van der Waals surface area contributed by atoms with Crippen molar-refractivity contribution >= 4 is 31.8 Å². The molecule has 4 aromatic rings. The van der Waals surface area contributed by atoms with Crippen molar-refractivity contribution in [1.82, 2.24) is 14.5 Å². The summed E-state index contributed by atoms with van der Waals surface area (Å²) in [5, 5.41) is 0.918. The third kappa shape index (κ3) is 1.88. The van der Waals surface area contributed by atoms with E-state index in [1.54, 1.807) is 19.6 Å². The number of hydrogen-bond acceptors (Lipinski definition) is 5. The Morgan fingerprint density at radius 1 is 1.14 bits per heavy atom. The Bertz CT molecular complexity index is 1030. The molecule has 0 aliphatic rings.